The minimum atomic E-state index is -0.706. The maximum Gasteiger partial charge on any atom is 0.256 e. The fourth-order valence-electron chi connectivity index (χ4n) is 1.93. The second-order valence-corrected chi connectivity index (χ2v) is 6.56. The predicted molar refractivity (Wildman–Crippen MR) is 92.7 cm³/mol. The Morgan fingerprint density at radius 2 is 1.87 bits per heavy atom. The van der Waals surface area contributed by atoms with Crippen LogP contribution in [0.4, 0.5) is 0 Å². The number of nitrogens with zero attached hydrogens (tertiary/aromatic N) is 1. The van der Waals surface area contributed by atoms with Gasteiger partial charge in [-0.3, -0.25) is 0 Å². The second-order valence-electron chi connectivity index (χ2n) is 4.77. The van der Waals surface area contributed by atoms with Gasteiger partial charge in [-0.1, -0.05) is 53.2 Å². The Labute approximate surface area is 147 Å². The molecule has 0 aliphatic carbocycles. The molecule has 0 bridgehead atoms. The quantitative estimate of drug-likeness (QED) is 0.640. The van der Waals surface area contributed by atoms with Crippen molar-refractivity contribution in [2.24, 2.45) is 0 Å². The molecule has 0 saturated carbocycles. The molecule has 1 atom stereocenters. The highest BCUT2D eigenvalue weighted by Gasteiger charge is 2.13. The lowest BCUT2D eigenvalue weighted by Gasteiger charge is -2.13. The van der Waals surface area contributed by atoms with Crippen LogP contribution in [-0.4, -0.2) is 28.6 Å². The average molecular weight is 370 g/mol. The van der Waals surface area contributed by atoms with Crippen molar-refractivity contribution in [2.75, 3.05) is 12.4 Å². The predicted octanol–water partition coefficient (Wildman–Crippen LogP) is 4.67. The van der Waals surface area contributed by atoms with E-state index < -0.39 is 6.10 Å². The molecule has 0 saturated heterocycles. The van der Waals surface area contributed by atoms with Crippen molar-refractivity contribution in [1.29, 1.82) is 0 Å². The van der Waals surface area contributed by atoms with Crippen molar-refractivity contribution in [2.45, 2.75) is 11.3 Å². The summed E-state index contributed by atoms with van der Waals surface area (Å²) in [5, 5.41) is 11.4. The van der Waals surface area contributed by atoms with E-state index >= 15 is 0 Å². The maximum atomic E-state index is 10.0. The van der Waals surface area contributed by atoms with Gasteiger partial charge >= 0.3 is 0 Å². The second kappa shape index (κ2) is 7.45. The molecule has 0 radical (unpaired) electrons. The van der Waals surface area contributed by atoms with Crippen LogP contribution in [0.1, 0.15) is 0 Å². The number of thioether (sulfide) groups is 1. The fourth-order valence-corrected chi connectivity index (χ4v) is 3.18. The first kappa shape index (κ1) is 16.5. The highest BCUT2D eigenvalue weighted by molar-refractivity contribution is 7.99. The number of ether oxygens (including phenoxy) is 1. The Morgan fingerprint density at radius 3 is 2.61 bits per heavy atom. The lowest BCUT2D eigenvalue weighted by molar-refractivity contribution is 0.126. The van der Waals surface area contributed by atoms with Crippen LogP contribution in [0.25, 0.3) is 11.1 Å². The number of aromatic nitrogens is 1. The number of para-hydroxylation sites is 3. The van der Waals surface area contributed by atoms with Crippen LogP contribution in [-0.2, 0) is 0 Å². The minimum absolute atomic E-state index is 0.0800. The molecule has 2 aromatic carbocycles. The van der Waals surface area contributed by atoms with Crippen LogP contribution in [0, 0.1) is 0 Å². The van der Waals surface area contributed by atoms with Crippen LogP contribution in [0.15, 0.2) is 52.1 Å². The molecule has 120 valence electrons. The maximum absolute atomic E-state index is 10.0. The van der Waals surface area contributed by atoms with Crippen LogP contribution < -0.4 is 4.74 Å². The van der Waals surface area contributed by atoms with Gasteiger partial charge in [0.05, 0.1) is 16.1 Å². The van der Waals surface area contributed by atoms with Crippen molar-refractivity contribution in [3.63, 3.8) is 0 Å². The molecule has 23 heavy (non-hydrogen) atoms. The van der Waals surface area contributed by atoms with Crippen molar-refractivity contribution < 1.29 is 14.3 Å². The highest BCUT2D eigenvalue weighted by Crippen LogP contribution is 2.32. The third kappa shape index (κ3) is 4.12. The van der Waals surface area contributed by atoms with E-state index in [1.165, 1.54) is 11.8 Å². The SMILES string of the molecule is O[C@@H](COc1c(Cl)cccc1Cl)CSc1nc2ccccc2o1. The number of rotatable bonds is 6. The zero-order valence-electron chi connectivity index (χ0n) is 11.9. The van der Waals surface area contributed by atoms with E-state index in [1.54, 1.807) is 18.2 Å². The Kier molecular flexibility index (Phi) is 5.33. The van der Waals surface area contributed by atoms with Gasteiger partial charge in [0.1, 0.15) is 12.1 Å². The molecule has 0 aliphatic heterocycles. The molecule has 3 aromatic rings. The number of fused-ring (bicyclic) bond motifs is 1. The summed E-state index contributed by atoms with van der Waals surface area (Å²) >= 11 is 13.3. The van der Waals surface area contributed by atoms with Gasteiger partial charge in [0.25, 0.3) is 5.22 Å². The van der Waals surface area contributed by atoms with E-state index in [0.29, 0.717) is 26.8 Å². The van der Waals surface area contributed by atoms with Gasteiger partial charge in [-0.15, -0.1) is 0 Å². The number of benzene rings is 2. The molecule has 1 aromatic heterocycles. The first-order chi connectivity index (χ1) is 11.1. The lowest BCUT2D eigenvalue weighted by atomic mass is 10.3. The molecule has 0 amide bonds. The number of hydrogen-bond donors (Lipinski definition) is 1. The van der Waals surface area contributed by atoms with Crippen molar-refractivity contribution in [3.05, 3.63) is 52.5 Å². The van der Waals surface area contributed by atoms with Gasteiger partial charge < -0.3 is 14.3 Å². The normalized spacial score (nSPS) is 12.5. The Morgan fingerprint density at radius 1 is 1.13 bits per heavy atom. The first-order valence-corrected chi connectivity index (χ1v) is 8.61. The Balaban J connectivity index is 1.54. The molecule has 1 heterocycles. The number of halogens is 2. The van der Waals surface area contributed by atoms with E-state index in [1.807, 2.05) is 24.3 Å². The monoisotopic (exact) mass is 369 g/mol. The van der Waals surface area contributed by atoms with Gasteiger partial charge in [0, 0.05) is 5.75 Å². The van der Waals surface area contributed by atoms with Gasteiger partial charge in [-0.05, 0) is 24.3 Å². The third-order valence-electron chi connectivity index (χ3n) is 3.01. The summed E-state index contributed by atoms with van der Waals surface area (Å²) in [7, 11) is 0. The molecule has 0 aliphatic rings. The number of oxazole rings is 1. The summed E-state index contributed by atoms with van der Waals surface area (Å²) in [6, 6.07) is 12.6. The fraction of sp³-hybridized carbons (Fsp3) is 0.188. The molecule has 1 N–H and O–H groups in total. The Bertz CT molecular complexity index is 756. The molecule has 0 unspecified atom stereocenters. The standard InChI is InChI=1S/C16H13Cl2NO3S/c17-11-4-3-5-12(18)15(11)21-8-10(20)9-23-16-19-13-6-1-2-7-14(13)22-16/h1-7,10,20H,8-9H2/t10-/m0/s1. The first-order valence-electron chi connectivity index (χ1n) is 6.87. The topological polar surface area (TPSA) is 55.5 Å². The molecule has 0 spiro atoms. The van der Waals surface area contributed by atoms with E-state index in [0.717, 1.165) is 11.1 Å². The molecule has 4 nitrogen and oxygen atoms in total. The summed E-state index contributed by atoms with van der Waals surface area (Å²) in [6.45, 7) is 0.0800. The largest absolute Gasteiger partial charge is 0.488 e. The number of hydrogen-bond acceptors (Lipinski definition) is 5. The van der Waals surface area contributed by atoms with Gasteiger partial charge in [-0.2, -0.15) is 0 Å². The van der Waals surface area contributed by atoms with Crippen LogP contribution >= 0.6 is 35.0 Å². The summed E-state index contributed by atoms with van der Waals surface area (Å²) in [5.74, 6) is 0.760. The van der Waals surface area contributed by atoms with Crippen LogP contribution in [0.3, 0.4) is 0 Å². The average Bonchev–Trinajstić information content (AvgIpc) is 2.95. The molecular formula is C16H13Cl2NO3S. The molecule has 3 rings (SSSR count). The Hall–Kier alpha value is -1.40. The van der Waals surface area contributed by atoms with Crippen molar-refractivity contribution in [3.8, 4) is 5.75 Å². The van der Waals surface area contributed by atoms with Crippen LogP contribution in [0.5, 0.6) is 5.75 Å². The lowest BCUT2D eigenvalue weighted by Crippen LogP contribution is -2.20. The van der Waals surface area contributed by atoms with Crippen molar-refractivity contribution >= 4 is 46.1 Å². The highest BCUT2D eigenvalue weighted by atomic mass is 35.5. The van der Waals surface area contributed by atoms with Gasteiger partial charge in [-0.25, -0.2) is 4.98 Å². The van der Waals surface area contributed by atoms with E-state index in [-0.39, 0.29) is 6.61 Å². The van der Waals surface area contributed by atoms with Gasteiger partial charge in [0.15, 0.2) is 11.3 Å². The number of aliphatic hydroxyl groups is 1. The van der Waals surface area contributed by atoms with E-state index in [2.05, 4.69) is 4.98 Å². The van der Waals surface area contributed by atoms with Gasteiger partial charge in [0.2, 0.25) is 0 Å². The molecule has 7 heteroatoms. The van der Waals surface area contributed by atoms with E-state index in [4.69, 9.17) is 32.4 Å². The summed E-state index contributed by atoms with van der Waals surface area (Å²) < 4.78 is 11.1. The smallest absolute Gasteiger partial charge is 0.256 e. The van der Waals surface area contributed by atoms with E-state index in [9.17, 15) is 5.11 Å². The van der Waals surface area contributed by atoms with Crippen molar-refractivity contribution in [1.82, 2.24) is 4.98 Å². The minimum Gasteiger partial charge on any atom is -0.488 e. The van der Waals surface area contributed by atoms with Crippen LogP contribution in [0.2, 0.25) is 10.0 Å². The third-order valence-corrected chi connectivity index (χ3v) is 4.58. The molecule has 0 fully saturated rings. The molecular weight excluding hydrogens is 357 g/mol. The zero-order valence-corrected chi connectivity index (χ0v) is 14.2. The summed E-state index contributed by atoms with van der Waals surface area (Å²) in [6.07, 6.45) is -0.706. The number of aliphatic hydroxyl groups excluding tert-OH is 1. The zero-order chi connectivity index (χ0) is 16.2. The summed E-state index contributed by atoms with van der Waals surface area (Å²) in [4.78, 5) is 4.33. The summed E-state index contributed by atoms with van der Waals surface area (Å²) in [5.41, 5.74) is 1.52.